The largest absolute Gasteiger partial charge is 0.359 e. The van der Waals surface area contributed by atoms with Gasteiger partial charge in [0.15, 0.2) is 0 Å². The third-order valence-corrected chi connectivity index (χ3v) is 4.55. The Labute approximate surface area is 158 Å². The summed E-state index contributed by atoms with van der Waals surface area (Å²) in [4.78, 5) is 33.1. The Morgan fingerprint density at radius 3 is 2.35 bits per heavy atom. The zero-order valence-corrected chi connectivity index (χ0v) is 16.5. The number of carbonyl (C=O) groups is 2. The van der Waals surface area contributed by atoms with Gasteiger partial charge in [0.25, 0.3) is 5.91 Å². The lowest BCUT2D eigenvalue weighted by atomic mass is 10.1. The van der Waals surface area contributed by atoms with E-state index < -0.39 is 0 Å². The van der Waals surface area contributed by atoms with Crippen molar-refractivity contribution in [1.29, 1.82) is 0 Å². The van der Waals surface area contributed by atoms with Crippen molar-refractivity contribution in [1.82, 2.24) is 15.3 Å². The standard InChI is InChI=1S/C19H24N4O2S/c1-11(2)17-21-12(3)16(19(23-17)26-5)18(25)22-14-8-6-13(7-9-14)10-15(24)20-4/h6-9,11H,10H2,1-5H3,(H,20,24)(H,22,25). The molecular formula is C19H24N4O2S. The van der Waals surface area contributed by atoms with Gasteiger partial charge in [-0.1, -0.05) is 26.0 Å². The van der Waals surface area contributed by atoms with Crippen molar-refractivity contribution in [3.05, 3.63) is 46.9 Å². The van der Waals surface area contributed by atoms with E-state index in [0.717, 1.165) is 11.4 Å². The van der Waals surface area contributed by atoms with E-state index >= 15 is 0 Å². The molecule has 2 aromatic rings. The highest BCUT2D eigenvalue weighted by atomic mass is 32.2. The molecule has 138 valence electrons. The molecule has 0 aliphatic heterocycles. The summed E-state index contributed by atoms with van der Waals surface area (Å²) in [6, 6.07) is 7.22. The van der Waals surface area contributed by atoms with Crippen LogP contribution in [0.2, 0.25) is 0 Å². The number of carbonyl (C=O) groups excluding carboxylic acids is 2. The van der Waals surface area contributed by atoms with Gasteiger partial charge in [0.05, 0.1) is 17.7 Å². The third kappa shape index (κ3) is 4.82. The number of nitrogens with zero attached hydrogens (tertiary/aromatic N) is 2. The predicted molar refractivity (Wildman–Crippen MR) is 105 cm³/mol. The molecular weight excluding hydrogens is 348 g/mol. The number of rotatable bonds is 6. The number of nitrogens with one attached hydrogen (secondary N) is 2. The van der Waals surface area contributed by atoms with E-state index in [1.54, 1.807) is 19.2 Å². The molecule has 2 rings (SSSR count). The average molecular weight is 372 g/mol. The van der Waals surface area contributed by atoms with Crippen LogP contribution in [0.25, 0.3) is 0 Å². The number of likely N-dealkylation sites (N-methyl/N-ethyl adjacent to an activating group) is 1. The minimum Gasteiger partial charge on any atom is -0.359 e. The highest BCUT2D eigenvalue weighted by molar-refractivity contribution is 7.98. The summed E-state index contributed by atoms with van der Waals surface area (Å²) in [5.74, 6) is 0.650. The lowest BCUT2D eigenvalue weighted by molar-refractivity contribution is -0.119. The van der Waals surface area contributed by atoms with Crippen molar-refractivity contribution >= 4 is 29.3 Å². The van der Waals surface area contributed by atoms with Crippen molar-refractivity contribution in [3.8, 4) is 0 Å². The Kier molecular flexibility index (Phi) is 6.74. The Balaban J connectivity index is 2.21. The van der Waals surface area contributed by atoms with Gasteiger partial charge in [-0.3, -0.25) is 9.59 Å². The lowest BCUT2D eigenvalue weighted by Gasteiger charge is -2.13. The quantitative estimate of drug-likeness (QED) is 0.601. The van der Waals surface area contributed by atoms with Gasteiger partial charge in [0.2, 0.25) is 5.91 Å². The Morgan fingerprint density at radius 1 is 1.15 bits per heavy atom. The highest BCUT2D eigenvalue weighted by Crippen LogP contribution is 2.24. The average Bonchev–Trinajstić information content (AvgIpc) is 2.62. The summed E-state index contributed by atoms with van der Waals surface area (Å²) >= 11 is 1.44. The van der Waals surface area contributed by atoms with Crippen LogP contribution in [-0.4, -0.2) is 35.1 Å². The summed E-state index contributed by atoms with van der Waals surface area (Å²) < 4.78 is 0. The van der Waals surface area contributed by atoms with Gasteiger partial charge in [-0.05, 0) is 30.9 Å². The summed E-state index contributed by atoms with van der Waals surface area (Å²) in [5, 5.41) is 6.15. The molecule has 2 amide bonds. The first kappa shape index (κ1) is 19.9. The van der Waals surface area contributed by atoms with Crippen LogP contribution in [0.5, 0.6) is 0 Å². The van der Waals surface area contributed by atoms with Crippen molar-refractivity contribution in [3.63, 3.8) is 0 Å². The van der Waals surface area contributed by atoms with Gasteiger partial charge >= 0.3 is 0 Å². The van der Waals surface area contributed by atoms with E-state index in [-0.39, 0.29) is 17.7 Å². The number of benzene rings is 1. The number of hydrogen-bond acceptors (Lipinski definition) is 5. The highest BCUT2D eigenvalue weighted by Gasteiger charge is 2.19. The maximum Gasteiger partial charge on any atom is 0.260 e. The SMILES string of the molecule is CNC(=O)Cc1ccc(NC(=O)c2c(C)nc(C(C)C)nc2SC)cc1. The first-order valence-electron chi connectivity index (χ1n) is 8.39. The van der Waals surface area contributed by atoms with E-state index in [1.165, 1.54) is 11.8 Å². The maximum atomic E-state index is 12.7. The van der Waals surface area contributed by atoms with Gasteiger partial charge < -0.3 is 10.6 Å². The second kappa shape index (κ2) is 8.80. The smallest absolute Gasteiger partial charge is 0.260 e. The number of thioether (sulfide) groups is 1. The summed E-state index contributed by atoms with van der Waals surface area (Å²) in [6.45, 7) is 5.88. The van der Waals surface area contributed by atoms with Crippen molar-refractivity contribution in [2.75, 3.05) is 18.6 Å². The second-order valence-electron chi connectivity index (χ2n) is 6.21. The molecule has 0 fully saturated rings. The molecule has 26 heavy (non-hydrogen) atoms. The van der Waals surface area contributed by atoms with Crippen molar-refractivity contribution in [2.45, 2.75) is 38.1 Å². The molecule has 6 nitrogen and oxygen atoms in total. The lowest BCUT2D eigenvalue weighted by Crippen LogP contribution is -2.20. The van der Waals surface area contributed by atoms with Crippen LogP contribution in [0.3, 0.4) is 0 Å². The third-order valence-electron chi connectivity index (χ3n) is 3.87. The fourth-order valence-corrected chi connectivity index (χ4v) is 3.04. The van der Waals surface area contributed by atoms with E-state index in [4.69, 9.17) is 0 Å². The summed E-state index contributed by atoms with van der Waals surface area (Å²) in [6.07, 6.45) is 2.21. The molecule has 2 N–H and O–H groups in total. The zero-order valence-electron chi connectivity index (χ0n) is 15.7. The topological polar surface area (TPSA) is 84.0 Å². The monoisotopic (exact) mass is 372 g/mol. The molecule has 7 heteroatoms. The van der Waals surface area contributed by atoms with Crippen LogP contribution in [0.4, 0.5) is 5.69 Å². The first-order chi connectivity index (χ1) is 12.3. The van der Waals surface area contributed by atoms with Crippen molar-refractivity contribution < 1.29 is 9.59 Å². The zero-order chi connectivity index (χ0) is 19.3. The van der Waals surface area contributed by atoms with Crippen LogP contribution < -0.4 is 10.6 Å². The molecule has 0 bridgehead atoms. The molecule has 0 radical (unpaired) electrons. The number of amides is 2. The second-order valence-corrected chi connectivity index (χ2v) is 7.00. The first-order valence-corrected chi connectivity index (χ1v) is 9.61. The van der Waals surface area contributed by atoms with Crippen LogP contribution in [0.1, 0.15) is 47.2 Å². The Hall–Kier alpha value is -2.41. The Bertz CT molecular complexity index is 804. The molecule has 1 aromatic heterocycles. The van der Waals surface area contributed by atoms with Gasteiger partial charge in [-0.25, -0.2) is 9.97 Å². The van der Waals surface area contributed by atoms with Crippen LogP contribution in [-0.2, 0) is 11.2 Å². The molecule has 0 spiro atoms. The van der Waals surface area contributed by atoms with Gasteiger partial charge in [0, 0.05) is 18.7 Å². The molecule has 1 heterocycles. The number of aromatic nitrogens is 2. The minimum atomic E-state index is -0.235. The molecule has 0 unspecified atom stereocenters. The van der Waals surface area contributed by atoms with E-state index in [9.17, 15) is 9.59 Å². The Morgan fingerprint density at radius 2 is 1.81 bits per heavy atom. The number of hydrogen-bond donors (Lipinski definition) is 2. The van der Waals surface area contributed by atoms with Gasteiger partial charge in [-0.15, -0.1) is 11.8 Å². The van der Waals surface area contributed by atoms with Crippen LogP contribution >= 0.6 is 11.8 Å². The molecule has 0 aliphatic carbocycles. The fourth-order valence-electron chi connectivity index (χ4n) is 2.41. The number of aryl methyl sites for hydroxylation is 1. The maximum absolute atomic E-state index is 12.7. The van der Waals surface area contributed by atoms with E-state index in [2.05, 4.69) is 20.6 Å². The molecule has 0 saturated carbocycles. The van der Waals surface area contributed by atoms with Gasteiger partial charge in [-0.2, -0.15) is 0 Å². The predicted octanol–water partition coefficient (Wildman–Crippen LogP) is 3.17. The van der Waals surface area contributed by atoms with Crippen molar-refractivity contribution in [2.24, 2.45) is 0 Å². The van der Waals surface area contributed by atoms with E-state index in [1.807, 2.05) is 39.2 Å². The van der Waals surface area contributed by atoms with E-state index in [0.29, 0.717) is 28.4 Å². The molecule has 0 atom stereocenters. The molecule has 1 aromatic carbocycles. The minimum absolute atomic E-state index is 0.0515. The summed E-state index contributed by atoms with van der Waals surface area (Å²) in [7, 11) is 1.61. The van der Waals surface area contributed by atoms with Crippen LogP contribution in [0.15, 0.2) is 29.3 Å². The normalized spacial score (nSPS) is 10.7. The molecule has 0 saturated heterocycles. The van der Waals surface area contributed by atoms with Gasteiger partial charge in [0.1, 0.15) is 10.9 Å². The summed E-state index contributed by atoms with van der Waals surface area (Å²) in [5.41, 5.74) is 2.71. The fraction of sp³-hybridized carbons (Fsp3) is 0.368. The molecule has 0 aliphatic rings. The number of anilines is 1. The van der Waals surface area contributed by atoms with Crippen LogP contribution in [0, 0.1) is 6.92 Å².